The van der Waals surface area contributed by atoms with Crippen molar-refractivity contribution in [2.45, 2.75) is 44.2 Å². The maximum atomic E-state index is 14.1. The van der Waals surface area contributed by atoms with Crippen molar-refractivity contribution >= 4 is 39.1 Å². The van der Waals surface area contributed by atoms with Gasteiger partial charge in [-0.05, 0) is 61.4 Å². The van der Waals surface area contributed by atoms with Gasteiger partial charge in [-0.2, -0.15) is 0 Å². The number of sulfonamides is 1. The van der Waals surface area contributed by atoms with Gasteiger partial charge in [-0.1, -0.05) is 55.3 Å². The normalized spacial score (nSPS) is 11.8. The highest BCUT2D eigenvalue weighted by Crippen LogP contribution is 2.35. The Morgan fingerprint density at radius 3 is 2.37 bits per heavy atom. The number of carbonyl (C=O) groups excluding carboxylic acids is 2. The lowest BCUT2D eigenvalue weighted by molar-refractivity contribution is -0.139. The molecule has 2 amide bonds. The maximum Gasteiger partial charge on any atom is 0.264 e. The van der Waals surface area contributed by atoms with Gasteiger partial charge in [0.25, 0.3) is 10.0 Å². The first-order valence-electron chi connectivity index (χ1n) is 13.2. The van der Waals surface area contributed by atoms with Crippen molar-refractivity contribution < 1.29 is 27.5 Å². The Morgan fingerprint density at radius 1 is 0.976 bits per heavy atom. The minimum Gasteiger partial charge on any atom is -0.497 e. The molecule has 0 aliphatic carbocycles. The van der Waals surface area contributed by atoms with E-state index < -0.39 is 28.5 Å². The number of unbranched alkanes of at least 4 members (excludes halogenated alkanes) is 1. The van der Waals surface area contributed by atoms with Gasteiger partial charge >= 0.3 is 0 Å². The Morgan fingerprint density at radius 2 is 1.71 bits per heavy atom. The van der Waals surface area contributed by atoms with Crippen LogP contribution < -0.4 is 19.1 Å². The SMILES string of the molecule is CCCCNC(=O)C(C)N(Cc1cccc(OC)c1)C(=O)CN(c1cc(Cl)ccc1OC)S(=O)(=O)c1ccccc1. The van der Waals surface area contributed by atoms with Crippen LogP contribution in [-0.2, 0) is 26.2 Å². The highest BCUT2D eigenvalue weighted by Gasteiger charge is 2.34. The quantitative estimate of drug-likeness (QED) is 0.264. The monoisotopic (exact) mass is 601 g/mol. The second kappa shape index (κ2) is 14.7. The molecule has 3 rings (SSSR count). The minimum absolute atomic E-state index is 0.0143. The molecule has 9 nitrogen and oxygen atoms in total. The highest BCUT2D eigenvalue weighted by molar-refractivity contribution is 7.92. The van der Waals surface area contributed by atoms with Crippen LogP contribution in [-0.4, -0.2) is 58.5 Å². The van der Waals surface area contributed by atoms with Gasteiger partial charge in [0, 0.05) is 18.1 Å². The van der Waals surface area contributed by atoms with Gasteiger partial charge in [-0.3, -0.25) is 13.9 Å². The Hall–Kier alpha value is -3.76. The van der Waals surface area contributed by atoms with Crippen LogP contribution in [0.25, 0.3) is 0 Å². The minimum atomic E-state index is -4.25. The summed E-state index contributed by atoms with van der Waals surface area (Å²) in [6.07, 6.45) is 1.69. The van der Waals surface area contributed by atoms with E-state index in [4.69, 9.17) is 21.1 Å². The first-order valence-corrected chi connectivity index (χ1v) is 15.1. The molecule has 1 unspecified atom stereocenters. The molecule has 0 aliphatic rings. The van der Waals surface area contributed by atoms with E-state index in [0.717, 1.165) is 17.1 Å². The molecule has 0 saturated carbocycles. The smallest absolute Gasteiger partial charge is 0.264 e. The number of hydrogen-bond donors (Lipinski definition) is 1. The predicted molar refractivity (Wildman–Crippen MR) is 160 cm³/mol. The van der Waals surface area contributed by atoms with Crippen LogP contribution in [0.5, 0.6) is 11.5 Å². The fourth-order valence-corrected chi connectivity index (χ4v) is 5.78. The van der Waals surface area contributed by atoms with Crippen molar-refractivity contribution in [3.63, 3.8) is 0 Å². The van der Waals surface area contributed by atoms with Crippen LogP contribution in [0.4, 0.5) is 5.69 Å². The van der Waals surface area contributed by atoms with Crippen LogP contribution in [0.2, 0.25) is 5.02 Å². The molecule has 0 heterocycles. The van der Waals surface area contributed by atoms with Crippen LogP contribution in [0.3, 0.4) is 0 Å². The summed E-state index contributed by atoms with van der Waals surface area (Å²) in [4.78, 5) is 28.5. The topological polar surface area (TPSA) is 105 Å². The van der Waals surface area contributed by atoms with E-state index in [0.29, 0.717) is 17.9 Å². The van der Waals surface area contributed by atoms with Gasteiger partial charge in [0.15, 0.2) is 0 Å². The number of carbonyl (C=O) groups is 2. The third-order valence-corrected chi connectivity index (χ3v) is 8.51. The summed E-state index contributed by atoms with van der Waals surface area (Å²) in [7, 11) is -1.31. The molecule has 1 N–H and O–H groups in total. The average Bonchev–Trinajstić information content (AvgIpc) is 2.98. The third-order valence-electron chi connectivity index (χ3n) is 6.50. The molecule has 41 heavy (non-hydrogen) atoms. The second-order valence-corrected chi connectivity index (χ2v) is 11.6. The lowest BCUT2D eigenvalue weighted by atomic mass is 10.1. The molecule has 0 aliphatic heterocycles. The molecular formula is C30H36ClN3O6S. The third kappa shape index (κ3) is 8.14. The molecule has 0 aromatic heterocycles. The zero-order valence-corrected chi connectivity index (χ0v) is 25.2. The van der Waals surface area contributed by atoms with Crippen molar-refractivity contribution in [3.8, 4) is 11.5 Å². The summed E-state index contributed by atoms with van der Waals surface area (Å²) < 4.78 is 39.6. The summed E-state index contributed by atoms with van der Waals surface area (Å²) >= 11 is 6.26. The lowest BCUT2D eigenvalue weighted by Crippen LogP contribution is -2.51. The number of halogens is 1. The summed E-state index contributed by atoms with van der Waals surface area (Å²) in [5.41, 5.74) is 0.808. The van der Waals surface area contributed by atoms with Crippen molar-refractivity contribution in [1.29, 1.82) is 0 Å². The average molecular weight is 602 g/mol. The van der Waals surface area contributed by atoms with E-state index in [9.17, 15) is 18.0 Å². The van der Waals surface area contributed by atoms with Gasteiger partial charge < -0.3 is 19.7 Å². The first-order chi connectivity index (χ1) is 19.6. The summed E-state index contributed by atoms with van der Waals surface area (Å²) in [5, 5.41) is 3.13. The molecule has 0 fully saturated rings. The molecule has 0 spiro atoms. The van der Waals surface area contributed by atoms with Crippen molar-refractivity contribution in [3.05, 3.63) is 83.4 Å². The number of methoxy groups -OCH3 is 2. The lowest BCUT2D eigenvalue weighted by Gasteiger charge is -2.32. The first kappa shape index (κ1) is 31.8. The molecule has 11 heteroatoms. The van der Waals surface area contributed by atoms with E-state index in [2.05, 4.69) is 5.32 Å². The van der Waals surface area contributed by atoms with Crippen molar-refractivity contribution in [2.75, 3.05) is 31.6 Å². The van der Waals surface area contributed by atoms with Crippen LogP contribution in [0.15, 0.2) is 77.7 Å². The number of ether oxygens (including phenoxy) is 2. The van der Waals surface area contributed by atoms with E-state index in [1.807, 2.05) is 13.0 Å². The van der Waals surface area contributed by atoms with Crippen LogP contribution in [0.1, 0.15) is 32.3 Å². The number of rotatable bonds is 14. The Balaban J connectivity index is 2.06. The van der Waals surface area contributed by atoms with E-state index in [1.165, 1.54) is 43.4 Å². The zero-order chi connectivity index (χ0) is 30.0. The Bertz CT molecular complexity index is 1440. The second-order valence-electron chi connectivity index (χ2n) is 9.33. The summed E-state index contributed by atoms with van der Waals surface area (Å²) in [6, 6.07) is 18.6. The highest BCUT2D eigenvalue weighted by atomic mass is 35.5. The molecule has 0 radical (unpaired) electrons. The predicted octanol–water partition coefficient (Wildman–Crippen LogP) is 4.89. The molecule has 220 valence electrons. The van der Waals surface area contributed by atoms with Gasteiger partial charge in [0.05, 0.1) is 24.8 Å². The molecule has 0 saturated heterocycles. The number of hydrogen-bond acceptors (Lipinski definition) is 6. The van der Waals surface area contributed by atoms with Gasteiger partial charge in [-0.25, -0.2) is 8.42 Å². The van der Waals surface area contributed by atoms with E-state index in [-0.39, 0.29) is 33.8 Å². The molecule has 0 bridgehead atoms. The maximum absolute atomic E-state index is 14.1. The number of anilines is 1. The van der Waals surface area contributed by atoms with E-state index >= 15 is 0 Å². The fourth-order valence-electron chi connectivity index (χ4n) is 4.18. The summed E-state index contributed by atoms with van der Waals surface area (Å²) in [6.45, 7) is 3.54. The van der Waals surface area contributed by atoms with Gasteiger partial charge in [-0.15, -0.1) is 0 Å². The number of nitrogens with zero attached hydrogens (tertiary/aromatic N) is 2. The number of benzene rings is 3. The zero-order valence-electron chi connectivity index (χ0n) is 23.7. The van der Waals surface area contributed by atoms with Crippen molar-refractivity contribution in [1.82, 2.24) is 10.2 Å². The van der Waals surface area contributed by atoms with Crippen LogP contribution >= 0.6 is 11.6 Å². The van der Waals surface area contributed by atoms with E-state index in [1.54, 1.807) is 49.4 Å². The van der Waals surface area contributed by atoms with Crippen LogP contribution in [0, 0.1) is 0 Å². The fraction of sp³-hybridized carbons (Fsp3) is 0.333. The standard InChI is InChI=1S/C30H36ClN3O6S/c1-5-6-17-32-30(36)22(2)33(20-23-11-10-12-25(18-23)39-3)29(35)21-34(27-19-24(31)15-16-28(27)40-4)41(37,38)26-13-8-7-9-14-26/h7-16,18-19,22H,5-6,17,20-21H2,1-4H3,(H,32,36). The van der Waals surface area contributed by atoms with Gasteiger partial charge in [0.2, 0.25) is 11.8 Å². The molecule has 1 atom stereocenters. The molecule has 3 aromatic rings. The largest absolute Gasteiger partial charge is 0.497 e. The van der Waals surface area contributed by atoms with Gasteiger partial charge in [0.1, 0.15) is 24.1 Å². The molecule has 3 aromatic carbocycles. The Kier molecular flexibility index (Phi) is 11.4. The molecular weight excluding hydrogens is 566 g/mol. The van der Waals surface area contributed by atoms with Crippen molar-refractivity contribution in [2.24, 2.45) is 0 Å². The summed E-state index contributed by atoms with van der Waals surface area (Å²) in [5.74, 6) is -0.127. The Labute approximate surface area is 247 Å². The number of nitrogens with one attached hydrogen (secondary N) is 1. The number of amides is 2.